The van der Waals surface area contributed by atoms with Crippen molar-refractivity contribution in [2.75, 3.05) is 6.54 Å². The molecule has 0 saturated heterocycles. The van der Waals surface area contributed by atoms with Gasteiger partial charge in [0.05, 0.1) is 0 Å². The van der Waals surface area contributed by atoms with E-state index in [-0.39, 0.29) is 23.7 Å². The van der Waals surface area contributed by atoms with Gasteiger partial charge in [0.25, 0.3) is 5.91 Å². The molecule has 1 heterocycles. The van der Waals surface area contributed by atoms with Gasteiger partial charge in [-0.15, -0.1) is 23.7 Å². The van der Waals surface area contributed by atoms with Crippen LogP contribution in [0.15, 0.2) is 29.6 Å². The van der Waals surface area contributed by atoms with Crippen molar-refractivity contribution in [3.8, 4) is 0 Å². The normalized spacial score (nSPS) is 15.8. The van der Waals surface area contributed by atoms with E-state index in [1.54, 1.807) is 5.38 Å². The zero-order valence-corrected chi connectivity index (χ0v) is 15.6. The van der Waals surface area contributed by atoms with Gasteiger partial charge in [0, 0.05) is 28.9 Å². The van der Waals surface area contributed by atoms with Crippen LogP contribution in [-0.2, 0) is 12.0 Å². The summed E-state index contributed by atoms with van der Waals surface area (Å²) in [5.74, 6) is -0.130. The van der Waals surface area contributed by atoms with E-state index in [4.69, 9.17) is 17.3 Å². The molecule has 2 aromatic rings. The van der Waals surface area contributed by atoms with Crippen LogP contribution in [-0.4, -0.2) is 17.4 Å². The van der Waals surface area contributed by atoms with Crippen LogP contribution in [0.2, 0.25) is 5.02 Å². The van der Waals surface area contributed by atoms with E-state index in [0.717, 1.165) is 22.9 Å². The first-order valence-electron chi connectivity index (χ1n) is 7.82. The molecule has 130 valence electrons. The Hall–Kier alpha value is -1.14. The summed E-state index contributed by atoms with van der Waals surface area (Å²) in [6.45, 7) is 0.978. The number of aromatic nitrogens is 1. The second-order valence-corrected chi connectivity index (χ2v) is 7.39. The number of halogens is 2. The third-order valence-corrected chi connectivity index (χ3v) is 5.65. The molecule has 1 aromatic heterocycles. The summed E-state index contributed by atoms with van der Waals surface area (Å²) in [6.07, 6.45) is 4.49. The molecule has 1 aliphatic rings. The minimum absolute atomic E-state index is 0. The summed E-state index contributed by atoms with van der Waals surface area (Å²) in [7, 11) is 0. The fourth-order valence-corrected chi connectivity index (χ4v) is 4.13. The standard InChI is InChI=1S/C17H20ClN3OS.ClH/c18-13-5-3-4-12(8-13)17(6-1-2-7-17)11-20-16(22)14-10-23-15(9-19)21-14;/h3-5,8,10H,1-2,6-7,9,11,19H2,(H,20,22);1H. The number of hydrogen-bond donors (Lipinski definition) is 2. The number of amides is 1. The first-order valence-corrected chi connectivity index (χ1v) is 9.07. The summed E-state index contributed by atoms with van der Waals surface area (Å²) in [6, 6.07) is 8.00. The van der Waals surface area contributed by atoms with E-state index in [1.807, 2.05) is 18.2 Å². The van der Waals surface area contributed by atoms with Gasteiger partial charge in [-0.3, -0.25) is 4.79 Å². The molecule has 4 nitrogen and oxygen atoms in total. The molecule has 0 atom stereocenters. The summed E-state index contributed by atoms with van der Waals surface area (Å²) in [5.41, 5.74) is 7.20. The van der Waals surface area contributed by atoms with Crippen molar-refractivity contribution >= 4 is 41.3 Å². The molecule has 0 spiro atoms. The maximum atomic E-state index is 12.3. The van der Waals surface area contributed by atoms with E-state index in [1.165, 1.54) is 29.7 Å². The molecule has 24 heavy (non-hydrogen) atoms. The van der Waals surface area contributed by atoms with E-state index >= 15 is 0 Å². The van der Waals surface area contributed by atoms with Gasteiger partial charge in [-0.1, -0.05) is 36.6 Å². The highest BCUT2D eigenvalue weighted by Gasteiger charge is 2.36. The van der Waals surface area contributed by atoms with Crippen LogP contribution in [0.1, 0.15) is 46.7 Å². The van der Waals surface area contributed by atoms with Gasteiger partial charge in [-0.25, -0.2) is 4.98 Å². The molecule has 1 amide bonds. The summed E-state index contributed by atoms with van der Waals surface area (Å²) < 4.78 is 0. The molecule has 0 radical (unpaired) electrons. The van der Waals surface area contributed by atoms with Crippen LogP contribution in [0.5, 0.6) is 0 Å². The summed E-state index contributed by atoms with van der Waals surface area (Å²) >= 11 is 7.57. The number of rotatable bonds is 5. The number of nitrogens with zero attached hydrogens (tertiary/aromatic N) is 1. The van der Waals surface area contributed by atoms with Gasteiger partial charge in [-0.05, 0) is 30.5 Å². The molecule has 0 unspecified atom stereocenters. The molecular weight excluding hydrogens is 365 g/mol. The van der Waals surface area contributed by atoms with Crippen molar-refractivity contribution in [2.24, 2.45) is 5.73 Å². The average molecular weight is 386 g/mol. The summed E-state index contributed by atoms with van der Waals surface area (Å²) in [4.78, 5) is 16.6. The van der Waals surface area contributed by atoms with E-state index in [9.17, 15) is 4.79 Å². The van der Waals surface area contributed by atoms with Crippen LogP contribution in [0.3, 0.4) is 0 Å². The largest absolute Gasteiger partial charge is 0.350 e. The van der Waals surface area contributed by atoms with Crippen LogP contribution < -0.4 is 11.1 Å². The van der Waals surface area contributed by atoms with Gasteiger partial charge in [0.1, 0.15) is 10.7 Å². The lowest BCUT2D eigenvalue weighted by atomic mass is 9.79. The van der Waals surface area contributed by atoms with Gasteiger partial charge in [-0.2, -0.15) is 0 Å². The van der Waals surface area contributed by atoms with Crippen molar-refractivity contribution < 1.29 is 4.79 Å². The molecule has 1 aliphatic carbocycles. The molecule has 1 saturated carbocycles. The molecule has 1 aromatic carbocycles. The van der Waals surface area contributed by atoms with E-state index in [0.29, 0.717) is 18.8 Å². The fourth-order valence-electron chi connectivity index (χ4n) is 3.29. The number of carbonyl (C=O) groups excluding carboxylic acids is 1. The number of benzene rings is 1. The van der Waals surface area contributed by atoms with Gasteiger partial charge < -0.3 is 11.1 Å². The monoisotopic (exact) mass is 385 g/mol. The smallest absolute Gasteiger partial charge is 0.270 e. The lowest BCUT2D eigenvalue weighted by Gasteiger charge is -2.30. The number of nitrogens with one attached hydrogen (secondary N) is 1. The molecule has 0 bridgehead atoms. The van der Waals surface area contributed by atoms with Crippen molar-refractivity contribution in [1.82, 2.24) is 10.3 Å². The van der Waals surface area contributed by atoms with Gasteiger partial charge in [0.2, 0.25) is 0 Å². The second-order valence-electron chi connectivity index (χ2n) is 6.01. The first-order chi connectivity index (χ1) is 11.1. The minimum atomic E-state index is -0.130. The highest BCUT2D eigenvalue weighted by atomic mass is 35.5. The summed E-state index contributed by atoms with van der Waals surface area (Å²) in [5, 5.41) is 6.34. The predicted octanol–water partition coefficient (Wildman–Crippen LogP) is 3.92. The van der Waals surface area contributed by atoms with Gasteiger partial charge in [0.15, 0.2) is 0 Å². The Morgan fingerprint density at radius 1 is 1.38 bits per heavy atom. The fraction of sp³-hybridized carbons (Fsp3) is 0.412. The maximum Gasteiger partial charge on any atom is 0.270 e. The molecule has 1 fully saturated rings. The highest BCUT2D eigenvalue weighted by molar-refractivity contribution is 7.09. The van der Waals surface area contributed by atoms with Crippen molar-refractivity contribution in [2.45, 2.75) is 37.6 Å². The SMILES string of the molecule is Cl.NCc1nc(C(=O)NCC2(c3cccc(Cl)c3)CCCC2)cs1. The van der Waals surface area contributed by atoms with E-state index < -0.39 is 0 Å². The van der Waals surface area contributed by atoms with Crippen molar-refractivity contribution in [3.63, 3.8) is 0 Å². The Balaban J connectivity index is 0.00000208. The third-order valence-electron chi connectivity index (χ3n) is 4.54. The van der Waals surface area contributed by atoms with Crippen molar-refractivity contribution in [3.05, 3.63) is 50.9 Å². The van der Waals surface area contributed by atoms with Crippen molar-refractivity contribution in [1.29, 1.82) is 0 Å². The molecule has 0 aliphatic heterocycles. The Labute approximate surface area is 157 Å². The lowest BCUT2D eigenvalue weighted by Crippen LogP contribution is -2.39. The number of thiazole rings is 1. The Morgan fingerprint density at radius 3 is 2.75 bits per heavy atom. The van der Waals surface area contributed by atoms with Crippen LogP contribution >= 0.6 is 35.3 Å². The van der Waals surface area contributed by atoms with E-state index in [2.05, 4.69) is 16.4 Å². The maximum absolute atomic E-state index is 12.3. The minimum Gasteiger partial charge on any atom is -0.350 e. The first kappa shape index (κ1) is 19.2. The van der Waals surface area contributed by atoms with Crippen LogP contribution in [0.4, 0.5) is 0 Å². The quantitative estimate of drug-likeness (QED) is 0.819. The topological polar surface area (TPSA) is 68.0 Å². The molecule has 3 N–H and O–H groups in total. The molecular formula is C17H21Cl2N3OS. The highest BCUT2D eigenvalue weighted by Crippen LogP contribution is 2.41. The number of nitrogens with two attached hydrogens (primary N) is 1. The van der Waals surface area contributed by atoms with Gasteiger partial charge >= 0.3 is 0 Å². The predicted molar refractivity (Wildman–Crippen MR) is 101 cm³/mol. The molecule has 7 heteroatoms. The Bertz CT molecular complexity index is 699. The Kier molecular flexibility index (Phi) is 6.63. The van der Waals surface area contributed by atoms with Crippen LogP contribution in [0, 0.1) is 0 Å². The number of hydrogen-bond acceptors (Lipinski definition) is 4. The zero-order chi connectivity index (χ0) is 16.3. The lowest BCUT2D eigenvalue weighted by molar-refractivity contribution is 0.0938. The second kappa shape index (κ2) is 8.30. The Morgan fingerprint density at radius 2 is 2.12 bits per heavy atom. The molecule has 3 rings (SSSR count). The third kappa shape index (κ3) is 4.09. The average Bonchev–Trinajstić information content (AvgIpc) is 3.23. The van der Waals surface area contributed by atoms with Crippen LogP contribution in [0.25, 0.3) is 0 Å². The zero-order valence-electron chi connectivity index (χ0n) is 13.3. The number of carbonyl (C=O) groups is 1.